The second kappa shape index (κ2) is 6.98. The van der Waals surface area contributed by atoms with Crippen molar-refractivity contribution in [2.45, 2.75) is 32.2 Å². The molecule has 7 heteroatoms. The molecule has 1 saturated heterocycles. The van der Waals surface area contributed by atoms with Crippen molar-refractivity contribution in [3.63, 3.8) is 0 Å². The molecular formula is C17H22FN3O3. The second-order valence-electron chi connectivity index (χ2n) is 6.12. The van der Waals surface area contributed by atoms with Gasteiger partial charge in [0.2, 0.25) is 5.91 Å². The second-order valence-corrected chi connectivity index (χ2v) is 6.12. The van der Waals surface area contributed by atoms with Gasteiger partial charge in [-0.05, 0) is 31.0 Å². The number of urea groups is 1. The number of imide groups is 1. The highest BCUT2D eigenvalue weighted by Gasteiger charge is 2.49. The van der Waals surface area contributed by atoms with Gasteiger partial charge in [0.1, 0.15) is 17.9 Å². The third-order valence-electron chi connectivity index (χ3n) is 4.26. The average molecular weight is 335 g/mol. The Morgan fingerprint density at radius 2 is 1.92 bits per heavy atom. The molecule has 4 amide bonds. The fourth-order valence-electron chi connectivity index (χ4n) is 2.60. The Labute approximate surface area is 140 Å². The van der Waals surface area contributed by atoms with E-state index in [0.717, 1.165) is 17.7 Å². The molecule has 1 aliphatic heterocycles. The maximum atomic E-state index is 13.1. The molecule has 1 fully saturated rings. The van der Waals surface area contributed by atoms with E-state index in [1.54, 1.807) is 14.0 Å². The van der Waals surface area contributed by atoms with Crippen molar-refractivity contribution < 1.29 is 18.8 Å². The van der Waals surface area contributed by atoms with Gasteiger partial charge >= 0.3 is 6.03 Å². The molecule has 2 rings (SSSR count). The van der Waals surface area contributed by atoms with Crippen molar-refractivity contribution in [3.8, 4) is 0 Å². The maximum absolute atomic E-state index is 13.1. The Morgan fingerprint density at radius 1 is 1.29 bits per heavy atom. The van der Waals surface area contributed by atoms with E-state index < -0.39 is 23.3 Å². The van der Waals surface area contributed by atoms with Gasteiger partial charge in [-0.15, -0.1) is 0 Å². The number of likely N-dealkylation sites (N-methyl/N-ethyl adjacent to an activating group) is 1. The van der Waals surface area contributed by atoms with Crippen LogP contribution in [0, 0.1) is 5.82 Å². The van der Waals surface area contributed by atoms with Crippen molar-refractivity contribution in [3.05, 3.63) is 35.6 Å². The van der Waals surface area contributed by atoms with Crippen LogP contribution in [0.5, 0.6) is 0 Å². The van der Waals surface area contributed by atoms with Gasteiger partial charge in [-0.2, -0.15) is 0 Å². The maximum Gasteiger partial charge on any atom is 0.325 e. The van der Waals surface area contributed by atoms with Crippen molar-refractivity contribution >= 4 is 17.8 Å². The summed E-state index contributed by atoms with van der Waals surface area (Å²) in [6.07, 6.45) is 1.80. The van der Waals surface area contributed by atoms with E-state index >= 15 is 0 Å². The number of hydrogen-bond acceptors (Lipinski definition) is 3. The molecule has 130 valence electrons. The number of rotatable bonds is 6. The summed E-state index contributed by atoms with van der Waals surface area (Å²) in [6, 6.07) is 4.74. The van der Waals surface area contributed by atoms with Crippen LogP contribution in [0.4, 0.5) is 9.18 Å². The van der Waals surface area contributed by atoms with Crippen LogP contribution < -0.4 is 5.32 Å². The van der Waals surface area contributed by atoms with Crippen LogP contribution in [0.25, 0.3) is 0 Å². The van der Waals surface area contributed by atoms with Crippen molar-refractivity contribution in [2.24, 2.45) is 0 Å². The first-order valence-electron chi connectivity index (χ1n) is 7.93. The van der Waals surface area contributed by atoms with E-state index in [0.29, 0.717) is 12.1 Å². The summed E-state index contributed by atoms with van der Waals surface area (Å²) in [7, 11) is 1.65. The van der Waals surface area contributed by atoms with E-state index in [2.05, 4.69) is 5.32 Å². The van der Waals surface area contributed by atoms with E-state index in [1.165, 1.54) is 29.2 Å². The third kappa shape index (κ3) is 3.39. The van der Waals surface area contributed by atoms with Crippen LogP contribution >= 0.6 is 0 Å². The lowest BCUT2D eigenvalue weighted by atomic mass is 9.92. The Balaban J connectivity index is 2.14. The molecule has 24 heavy (non-hydrogen) atoms. The number of carbonyl (C=O) groups excluding carboxylic acids is 3. The Kier molecular flexibility index (Phi) is 5.21. The largest absolute Gasteiger partial charge is 0.344 e. The zero-order valence-electron chi connectivity index (χ0n) is 14.1. The minimum absolute atomic E-state index is 0.296. The number of benzene rings is 1. The lowest BCUT2D eigenvalue weighted by molar-refractivity contribution is -0.138. The Morgan fingerprint density at radius 3 is 2.50 bits per heavy atom. The number of nitrogens with zero attached hydrogens (tertiary/aromatic N) is 2. The molecular weight excluding hydrogens is 313 g/mol. The average Bonchev–Trinajstić information content (AvgIpc) is 2.77. The lowest BCUT2D eigenvalue weighted by Gasteiger charge is -2.23. The van der Waals surface area contributed by atoms with E-state index in [1.807, 2.05) is 6.92 Å². The minimum atomic E-state index is -1.30. The van der Waals surface area contributed by atoms with Crippen molar-refractivity contribution in [1.82, 2.24) is 15.1 Å². The molecule has 1 heterocycles. The van der Waals surface area contributed by atoms with E-state index in [9.17, 15) is 18.8 Å². The van der Waals surface area contributed by atoms with Gasteiger partial charge in [0.25, 0.3) is 5.91 Å². The topological polar surface area (TPSA) is 69.7 Å². The molecule has 0 spiro atoms. The Hall–Kier alpha value is -2.44. The van der Waals surface area contributed by atoms with Gasteiger partial charge in [-0.1, -0.05) is 25.5 Å². The first-order chi connectivity index (χ1) is 11.3. The summed E-state index contributed by atoms with van der Waals surface area (Å²) >= 11 is 0. The highest BCUT2D eigenvalue weighted by Crippen LogP contribution is 2.28. The number of halogens is 1. The molecule has 0 radical (unpaired) electrons. The first-order valence-corrected chi connectivity index (χ1v) is 7.93. The highest BCUT2D eigenvalue weighted by atomic mass is 19.1. The van der Waals surface area contributed by atoms with E-state index in [4.69, 9.17) is 0 Å². The molecule has 1 unspecified atom stereocenters. The number of hydrogen-bond donors (Lipinski definition) is 1. The molecule has 1 atom stereocenters. The fraction of sp³-hybridized carbons (Fsp3) is 0.471. The van der Waals surface area contributed by atoms with Gasteiger partial charge < -0.3 is 10.2 Å². The van der Waals surface area contributed by atoms with Gasteiger partial charge in [0.15, 0.2) is 0 Å². The van der Waals surface area contributed by atoms with Gasteiger partial charge in [0.05, 0.1) is 0 Å². The van der Waals surface area contributed by atoms with Gasteiger partial charge in [-0.25, -0.2) is 9.18 Å². The smallest absolute Gasteiger partial charge is 0.325 e. The molecule has 1 aromatic carbocycles. The molecule has 0 bridgehead atoms. The van der Waals surface area contributed by atoms with Gasteiger partial charge in [0, 0.05) is 13.6 Å². The van der Waals surface area contributed by atoms with Crippen molar-refractivity contribution in [1.29, 1.82) is 0 Å². The zero-order chi connectivity index (χ0) is 17.9. The summed E-state index contributed by atoms with van der Waals surface area (Å²) in [4.78, 5) is 39.4. The van der Waals surface area contributed by atoms with Crippen LogP contribution in [0.3, 0.4) is 0 Å². The number of nitrogens with one attached hydrogen (secondary N) is 1. The molecule has 0 aliphatic carbocycles. The summed E-state index contributed by atoms with van der Waals surface area (Å²) in [5.41, 5.74) is -0.830. The number of unbranched alkanes of at least 4 members (excludes halogenated alkanes) is 1. The monoisotopic (exact) mass is 335 g/mol. The van der Waals surface area contributed by atoms with Crippen LogP contribution in [-0.4, -0.2) is 47.8 Å². The summed E-state index contributed by atoms with van der Waals surface area (Å²) in [6.45, 7) is 3.84. The van der Waals surface area contributed by atoms with Crippen LogP contribution in [0.1, 0.15) is 32.3 Å². The summed E-state index contributed by atoms with van der Waals surface area (Å²) in [5.74, 6) is -1.24. The fourth-order valence-corrected chi connectivity index (χ4v) is 2.60. The molecule has 0 saturated carbocycles. The molecule has 1 aliphatic rings. The van der Waals surface area contributed by atoms with Crippen LogP contribution in [-0.2, 0) is 15.1 Å². The number of carbonyl (C=O) groups is 3. The zero-order valence-corrected chi connectivity index (χ0v) is 14.1. The summed E-state index contributed by atoms with van der Waals surface area (Å²) in [5, 5.41) is 2.60. The highest BCUT2D eigenvalue weighted by molar-refractivity contribution is 6.09. The predicted molar refractivity (Wildman–Crippen MR) is 86.5 cm³/mol. The first kappa shape index (κ1) is 17.9. The van der Waals surface area contributed by atoms with E-state index in [-0.39, 0.29) is 12.5 Å². The molecule has 1 aromatic rings. The SMILES string of the molecule is CCCCN(C)C(=O)CN1C(=O)NC(C)(c2ccc(F)cc2)C1=O. The minimum Gasteiger partial charge on any atom is -0.344 e. The number of amides is 4. The van der Waals surface area contributed by atoms with Crippen LogP contribution in [0.2, 0.25) is 0 Å². The molecule has 1 N–H and O–H groups in total. The van der Waals surface area contributed by atoms with Crippen LogP contribution in [0.15, 0.2) is 24.3 Å². The molecule has 6 nitrogen and oxygen atoms in total. The standard InChI is InChI=1S/C17H22FN3O3/c1-4-5-10-20(3)14(22)11-21-15(23)17(2,19-16(21)24)12-6-8-13(18)9-7-12/h6-9H,4-5,10-11H2,1-3H3,(H,19,24). The lowest BCUT2D eigenvalue weighted by Crippen LogP contribution is -2.43. The third-order valence-corrected chi connectivity index (χ3v) is 4.26. The Bertz CT molecular complexity index is 647. The van der Waals surface area contributed by atoms with Gasteiger partial charge in [-0.3, -0.25) is 14.5 Å². The van der Waals surface area contributed by atoms with Crippen molar-refractivity contribution in [2.75, 3.05) is 20.1 Å². The quantitative estimate of drug-likeness (QED) is 0.807. The molecule has 0 aromatic heterocycles. The normalized spacial score (nSPS) is 20.2. The summed E-state index contributed by atoms with van der Waals surface area (Å²) < 4.78 is 13.1. The predicted octanol–water partition coefficient (Wildman–Crippen LogP) is 1.85.